The fourth-order valence-corrected chi connectivity index (χ4v) is 2.86. The highest BCUT2D eigenvalue weighted by atomic mass is 16.6. The molecule has 1 aliphatic rings. The molecule has 1 fully saturated rings. The zero-order valence-electron chi connectivity index (χ0n) is 14.5. The van der Waals surface area contributed by atoms with Crippen LogP contribution in [0.25, 0.3) is 10.9 Å². The molecule has 24 heavy (non-hydrogen) atoms. The van der Waals surface area contributed by atoms with Gasteiger partial charge in [0.15, 0.2) is 0 Å². The van der Waals surface area contributed by atoms with Gasteiger partial charge in [-0.2, -0.15) is 0 Å². The Kier molecular flexibility index (Phi) is 4.60. The fourth-order valence-electron chi connectivity index (χ4n) is 2.86. The second kappa shape index (κ2) is 6.67. The van der Waals surface area contributed by atoms with Crippen LogP contribution in [0.1, 0.15) is 27.2 Å². The summed E-state index contributed by atoms with van der Waals surface area (Å²) in [5.41, 5.74) is 0.419. The maximum atomic E-state index is 12.1. The van der Waals surface area contributed by atoms with Gasteiger partial charge in [0.05, 0.1) is 6.61 Å². The van der Waals surface area contributed by atoms with E-state index in [9.17, 15) is 4.79 Å². The van der Waals surface area contributed by atoms with Crippen molar-refractivity contribution in [2.24, 2.45) is 5.92 Å². The SMILES string of the molecule is CC(C)(C)OC(=O)N1CCC(COc2cccc3cccnc23)C1. The lowest BCUT2D eigenvalue weighted by atomic mass is 10.1. The Labute approximate surface area is 142 Å². The summed E-state index contributed by atoms with van der Waals surface area (Å²) in [7, 11) is 0. The summed E-state index contributed by atoms with van der Waals surface area (Å²) in [5, 5.41) is 1.07. The van der Waals surface area contributed by atoms with E-state index in [4.69, 9.17) is 9.47 Å². The van der Waals surface area contributed by atoms with Crippen LogP contribution in [0.2, 0.25) is 0 Å². The molecular weight excluding hydrogens is 304 g/mol. The number of para-hydroxylation sites is 1. The minimum atomic E-state index is -0.458. The van der Waals surface area contributed by atoms with Crippen LogP contribution in [-0.4, -0.2) is 41.3 Å². The van der Waals surface area contributed by atoms with E-state index in [1.54, 1.807) is 11.1 Å². The van der Waals surface area contributed by atoms with Gasteiger partial charge in [-0.1, -0.05) is 18.2 Å². The average Bonchev–Trinajstić information content (AvgIpc) is 3.00. The molecule has 1 aromatic heterocycles. The number of amides is 1. The summed E-state index contributed by atoms with van der Waals surface area (Å²) < 4.78 is 11.4. The number of benzene rings is 1. The van der Waals surface area contributed by atoms with Crippen LogP contribution in [-0.2, 0) is 4.74 Å². The Morgan fingerprint density at radius 1 is 1.29 bits per heavy atom. The number of likely N-dealkylation sites (tertiary alicyclic amines) is 1. The van der Waals surface area contributed by atoms with E-state index in [0.29, 0.717) is 19.1 Å². The van der Waals surface area contributed by atoms with Crippen molar-refractivity contribution in [2.75, 3.05) is 19.7 Å². The smallest absolute Gasteiger partial charge is 0.410 e. The lowest BCUT2D eigenvalue weighted by Gasteiger charge is -2.24. The Balaban J connectivity index is 1.57. The van der Waals surface area contributed by atoms with Crippen LogP contribution in [0.4, 0.5) is 4.79 Å². The monoisotopic (exact) mass is 328 g/mol. The molecular formula is C19H24N2O3. The van der Waals surface area contributed by atoms with E-state index in [1.165, 1.54) is 0 Å². The normalized spacial score (nSPS) is 18.0. The number of hydrogen-bond acceptors (Lipinski definition) is 4. The number of rotatable bonds is 3. The molecule has 3 rings (SSSR count). The third-order valence-corrected chi connectivity index (χ3v) is 4.01. The zero-order valence-corrected chi connectivity index (χ0v) is 14.5. The van der Waals surface area contributed by atoms with Gasteiger partial charge in [-0.3, -0.25) is 4.98 Å². The molecule has 1 amide bonds. The zero-order chi connectivity index (χ0) is 17.2. The number of hydrogen-bond donors (Lipinski definition) is 0. The molecule has 1 saturated heterocycles. The minimum Gasteiger partial charge on any atom is -0.491 e. The molecule has 0 spiro atoms. The number of pyridine rings is 1. The maximum Gasteiger partial charge on any atom is 0.410 e. The maximum absolute atomic E-state index is 12.1. The molecule has 1 aromatic carbocycles. The first-order chi connectivity index (χ1) is 11.4. The van der Waals surface area contributed by atoms with Crippen LogP contribution in [0.15, 0.2) is 36.5 Å². The van der Waals surface area contributed by atoms with Gasteiger partial charge < -0.3 is 14.4 Å². The first kappa shape index (κ1) is 16.6. The van der Waals surface area contributed by atoms with E-state index in [0.717, 1.165) is 29.6 Å². The van der Waals surface area contributed by atoms with E-state index < -0.39 is 5.60 Å². The topological polar surface area (TPSA) is 51.7 Å². The highest BCUT2D eigenvalue weighted by Crippen LogP contribution is 2.25. The third-order valence-electron chi connectivity index (χ3n) is 4.01. The van der Waals surface area contributed by atoms with Gasteiger partial charge in [-0.25, -0.2) is 4.79 Å². The molecule has 0 bridgehead atoms. The first-order valence-corrected chi connectivity index (χ1v) is 8.37. The molecule has 128 valence electrons. The van der Waals surface area contributed by atoms with Gasteiger partial charge in [-0.05, 0) is 39.3 Å². The van der Waals surface area contributed by atoms with Gasteiger partial charge in [0.1, 0.15) is 16.9 Å². The van der Waals surface area contributed by atoms with Gasteiger partial charge in [0, 0.05) is 30.6 Å². The summed E-state index contributed by atoms with van der Waals surface area (Å²) >= 11 is 0. The fraction of sp³-hybridized carbons (Fsp3) is 0.474. The standard InChI is InChI=1S/C19H24N2O3/c1-19(2,3)24-18(22)21-11-9-14(12-21)13-23-16-8-4-6-15-7-5-10-20-17(15)16/h4-8,10,14H,9,11-13H2,1-3H3. The van der Waals surface area contributed by atoms with Crippen molar-refractivity contribution in [2.45, 2.75) is 32.8 Å². The summed E-state index contributed by atoms with van der Waals surface area (Å²) in [6, 6.07) is 9.88. The van der Waals surface area contributed by atoms with Crippen LogP contribution < -0.4 is 4.74 Å². The van der Waals surface area contributed by atoms with Crippen LogP contribution in [0, 0.1) is 5.92 Å². The summed E-state index contributed by atoms with van der Waals surface area (Å²) in [6.07, 6.45) is 2.46. The van der Waals surface area contributed by atoms with Crippen molar-refractivity contribution in [3.8, 4) is 5.75 Å². The van der Waals surface area contributed by atoms with Crippen molar-refractivity contribution in [1.29, 1.82) is 0 Å². The highest BCUT2D eigenvalue weighted by molar-refractivity contribution is 5.84. The largest absolute Gasteiger partial charge is 0.491 e. The number of aromatic nitrogens is 1. The van der Waals surface area contributed by atoms with Crippen molar-refractivity contribution < 1.29 is 14.3 Å². The lowest BCUT2D eigenvalue weighted by Crippen LogP contribution is -2.35. The highest BCUT2D eigenvalue weighted by Gasteiger charge is 2.30. The van der Waals surface area contributed by atoms with Gasteiger partial charge >= 0.3 is 6.09 Å². The number of ether oxygens (including phenoxy) is 2. The van der Waals surface area contributed by atoms with E-state index in [1.807, 2.05) is 51.1 Å². The van der Waals surface area contributed by atoms with Gasteiger partial charge in [0.25, 0.3) is 0 Å². The van der Waals surface area contributed by atoms with Crippen molar-refractivity contribution in [3.63, 3.8) is 0 Å². The Hall–Kier alpha value is -2.30. The van der Waals surface area contributed by atoms with Gasteiger partial charge in [-0.15, -0.1) is 0 Å². The summed E-state index contributed by atoms with van der Waals surface area (Å²) in [6.45, 7) is 7.62. The molecule has 1 unspecified atom stereocenters. The minimum absolute atomic E-state index is 0.239. The molecule has 5 heteroatoms. The number of carbonyl (C=O) groups is 1. The van der Waals surface area contributed by atoms with E-state index >= 15 is 0 Å². The molecule has 1 aliphatic heterocycles. The molecule has 2 aromatic rings. The lowest BCUT2D eigenvalue weighted by molar-refractivity contribution is 0.0285. The molecule has 5 nitrogen and oxygen atoms in total. The van der Waals surface area contributed by atoms with E-state index in [2.05, 4.69) is 4.98 Å². The summed E-state index contributed by atoms with van der Waals surface area (Å²) in [4.78, 5) is 18.3. The quantitative estimate of drug-likeness (QED) is 0.858. The Morgan fingerprint density at radius 3 is 2.88 bits per heavy atom. The van der Waals surface area contributed by atoms with Crippen molar-refractivity contribution in [3.05, 3.63) is 36.5 Å². The predicted molar refractivity (Wildman–Crippen MR) is 93.2 cm³/mol. The average molecular weight is 328 g/mol. The molecule has 0 radical (unpaired) electrons. The van der Waals surface area contributed by atoms with E-state index in [-0.39, 0.29) is 6.09 Å². The van der Waals surface area contributed by atoms with Crippen molar-refractivity contribution >= 4 is 17.0 Å². The molecule has 0 aliphatic carbocycles. The van der Waals surface area contributed by atoms with Crippen LogP contribution in [0.3, 0.4) is 0 Å². The predicted octanol–water partition coefficient (Wildman–Crippen LogP) is 3.87. The Bertz CT molecular complexity index is 719. The first-order valence-electron chi connectivity index (χ1n) is 8.37. The Morgan fingerprint density at radius 2 is 2.08 bits per heavy atom. The molecule has 2 heterocycles. The molecule has 1 atom stereocenters. The second-order valence-corrected chi connectivity index (χ2v) is 7.22. The number of fused-ring (bicyclic) bond motifs is 1. The summed E-state index contributed by atoms with van der Waals surface area (Å²) in [5.74, 6) is 1.11. The molecule has 0 N–H and O–H groups in total. The molecule has 0 saturated carbocycles. The second-order valence-electron chi connectivity index (χ2n) is 7.22. The number of carbonyl (C=O) groups excluding carboxylic acids is 1. The number of nitrogens with zero attached hydrogens (tertiary/aromatic N) is 2. The third kappa shape index (κ3) is 3.96. The van der Waals surface area contributed by atoms with Crippen LogP contribution in [0.5, 0.6) is 5.75 Å². The van der Waals surface area contributed by atoms with Crippen LogP contribution >= 0.6 is 0 Å². The van der Waals surface area contributed by atoms with Gasteiger partial charge in [0.2, 0.25) is 0 Å². The van der Waals surface area contributed by atoms with Crippen molar-refractivity contribution in [1.82, 2.24) is 9.88 Å².